The summed E-state index contributed by atoms with van der Waals surface area (Å²) in [5, 5.41) is 0. The molecule has 2 atom stereocenters. The molecule has 7 nitrogen and oxygen atoms in total. The zero-order valence-corrected chi connectivity index (χ0v) is 17.1. The van der Waals surface area contributed by atoms with E-state index in [2.05, 4.69) is 4.90 Å². The van der Waals surface area contributed by atoms with Crippen LogP contribution in [-0.2, 0) is 14.3 Å². The maximum absolute atomic E-state index is 12.8. The molecule has 2 amide bonds. The standard InChI is InChI=1S/C20H35N3O4/c1-20(2,3)27-19(25)23-9-7-21(8-10-23)17-6-4-5-16(15-17)18(24)22-11-13-26-14-12-22/h16-17H,4-15H2,1-3H3. The van der Waals surface area contributed by atoms with Gasteiger partial charge in [0.05, 0.1) is 13.2 Å². The van der Waals surface area contributed by atoms with Crippen LogP contribution >= 0.6 is 0 Å². The van der Waals surface area contributed by atoms with Gasteiger partial charge in [-0.25, -0.2) is 4.79 Å². The van der Waals surface area contributed by atoms with E-state index in [4.69, 9.17) is 9.47 Å². The molecule has 3 fully saturated rings. The maximum atomic E-state index is 12.8. The summed E-state index contributed by atoms with van der Waals surface area (Å²) in [4.78, 5) is 31.3. The number of morpholine rings is 1. The van der Waals surface area contributed by atoms with Gasteiger partial charge in [-0.1, -0.05) is 6.42 Å². The van der Waals surface area contributed by atoms with Crippen molar-refractivity contribution in [1.29, 1.82) is 0 Å². The molecule has 0 radical (unpaired) electrons. The summed E-state index contributed by atoms with van der Waals surface area (Å²) < 4.78 is 10.9. The Kier molecular flexibility index (Phi) is 6.63. The Labute approximate surface area is 162 Å². The minimum Gasteiger partial charge on any atom is -0.444 e. The van der Waals surface area contributed by atoms with E-state index >= 15 is 0 Å². The van der Waals surface area contributed by atoms with E-state index in [0.717, 1.165) is 51.9 Å². The fourth-order valence-electron chi connectivity index (χ4n) is 4.36. The van der Waals surface area contributed by atoms with Gasteiger partial charge in [-0.3, -0.25) is 9.69 Å². The molecule has 27 heavy (non-hydrogen) atoms. The SMILES string of the molecule is CC(C)(C)OC(=O)N1CCN(C2CCCC(C(=O)N3CCOCC3)C2)CC1. The lowest BCUT2D eigenvalue weighted by Gasteiger charge is -2.43. The van der Waals surface area contributed by atoms with E-state index in [1.807, 2.05) is 25.7 Å². The molecule has 2 heterocycles. The smallest absolute Gasteiger partial charge is 0.410 e. The van der Waals surface area contributed by atoms with Crippen molar-refractivity contribution in [2.75, 3.05) is 52.5 Å². The van der Waals surface area contributed by atoms with Crippen LogP contribution < -0.4 is 0 Å². The second-order valence-corrected chi connectivity index (χ2v) is 8.96. The predicted molar refractivity (Wildman–Crippen MR) is 103 cm³/mol. The Morgan fingerprint density at radius 1 is 0.926 bits per heavy atom. The fourth-order valence-corrected chi connectivity index (χ4v) is 4.36. The van der Waals surface area contributed by atoms with Crippen molar-refractivity contribution in [2.45, 2.75) is 58.1 Å². The van der Waals surface area contributed by atoms with Gasteiger partial charge in [0.25, 0.3) is 0 Å². The van der Waals surface area contributed by atoms with Gasteiger partial charge in [-0.2, -0.15) is 0 Å². The Balaban J connectivity index is 1.48. The van der Waals surface area contributed by atoms with Gasteiger partial charge in [0.15, 0.2) is 0 Å². The number of ether oxygens (including phenoxy) is 2. The number of nitrogens with zero attached hydrogens (tertiary/aromatic N) is 3. The molecule has 1 saturated carbocycles. The Morgan fingerprint density at radius 3 is 2.22 bits per heavy atom. The molecule has 2 saturated heterocycles. The average Bonchev–Trinajstić information content (AvgIpc) is 2.67. The second-order valence-electron chi connectivity index (χ2n) is 8.96. The summed E-state index contributed by atoms with van der Waals surface area (Å²) >= 11 is 0. The first-order valence-corrected chi connectivity index (χ1v) is 10.4. The van der Waals surface area contributed by atoms with E-state index in [1.165, 1.54) is 0 Å². The number of hydrogen-bond donors (Lipinski definition) is 0. The number of rotatable bonds is 2. The third kappa shape index (κ3) is 5.57. The highest BCUT2D eigenvalue weighted by atomic mass is 16.6. The van der Waals surface area contributed by atoms with Crippen LogP contribution in [0.4, 0.5) is 4.79 Å². The monoisotopic (exact) mass is 381 g/mol. The third-order valence-electron chi connectivity index (χ3n) is 5.80. The topological polar surface area (TPSA) is 62.3 Å². The minimum atomic E-state index is -0.454. The van der Waals surface area contributed by atoms with Crippen molar-refractivity contribution < 1.29 is 19.1 Å². The lowest BCUT2D eigenvalue weighted by atomic mass is 9.83. The largest absolute Gasteiger partial charge is 0.444 e. The molecule has 7 heteroatoms. The molecule has 1 aliphatic carbocycles. The first-order chi connectivity index (χ1) is 12.8. The van der Waals surface area contributed by atoms with Crippen LogP contribution in [0, 0.1) is 5.92 Å². The summed E-state index contributed by atoms with van der Waals surface area (Å²) in [7, 11) is 0. The summed E-state index contributed by atoms with van der Waals surface area (Å²) in [5.41, 5.74) is -0.454. The third-order valence-corrected chi connectivity index (χ3v) is 5.80. The van der Waals surface area contributed by atoms with Crippen molar-refractivity contribution >= 4 is 12.0 Å². The molecule has 154 valence electrons. The van der Waals surface area contributed by atoms with E-state index < -0.39 is 5.60 Å². The molecule has 0 spiro atoms. The van der Waals surface area contributed by atoms with Crippen molar-refractivity contribution in [3.05, 3.63) is 0 Å². The van der Waals surface area contributed by atoms with Crippen LogP contribution in [0.3, 0.4) is 0 Å². The van der Waals surface area contributed by atoms with Gasteiger partial charge in [-0.05, 0) is 40.0 Å². The molecule has 0 N–H and O–H groups in total. The molecule has 2 aliphatic heterocycles. The van der Waals surface area contributed by atoms with E-state index in [1.54, 1.807) is 4.90 Å². The first-order valence-electron chi connectivity index (χ1n) is 10.4. The maximum Gasteiger partial charge on any atom is 0.410 e. The van der Waals surface area contributed by atoms with Crippen LogP contribution in [0.25, 0.3) is 0 Å². The van der Waals surface area contributed by atoms with Gasteiger partial charge < -0.3 is 19.3 Å². The number of carbonyl (C=O) groups is 2. The molecule has 0 aromatic heterocycles. The fraction of sp³-hybridized carbons (Fsp3) is 0.900. The quantitative estimate of drug-likeness (QED) is 0.732. The van der Waals surface area contributed by atoms with Gasteiger partial charge in [0, 0.05) is 51.2 Å². The van der Waals surface area contributed by atoms with Crippen LogP contribution in [-0.4, -0.2) is 90.8 Å². The first kappa shape index (κ1) is 20.4. The van der Waals surface area contributed by atoms with Crippen molar-refractivity contribution in [1.82, 2.24) is 14.7 Å². The molecular weight excluding hydrogens is 346 g/mol. The second kappa shape index (κ2) is 8.78. The van der Waals surface area contributed by atoms with Gasteiger partial charge in [-0.15, -0.1) is 0 Å². The Morgan fingerprint density at radius 2 is 1.59 bits per heavy atom. The summed E-state index contributed by atoms with van der Waals surface area (Å²) in [6.45, 7) is 11.6. The van der Waals surface area contributed by atoms with Crippen LogP contribution in [0.15, 0.2) is 0 Å². The molecule has 3 rings (SSSR count). The van der Waals surface area contributed by atoms with Crippen molar-refractivity contribution in [2.24, 2.45) is 5.92 Å². The lowest BCUT2D eigenvalue weighted by Crippen LogP contribution is -2.54. The van der Waals surface area contributed by atoms with E-state index in [-0.39, 0.29) is 12.0 Å². The van der Waals surface area contributed by atoms with Crippen LogP contribution in [0.1, 0.15) is 46.5 Å². The van der Waals surface area contributed by atoms with Gasteiger partial charge >= 0.3 is 6.09 Å². The molecule has 3 aliphatic rings. The normalized spacial score (nSPS) is 28.1. The average molecular weight is 382 g/mol. The predicted octanol–water partition coefficient (Wildman–Crippen LogP) is 1.96. The number of amides is 2. The summed E-state index contributed by atoms with van der Waals surface area (Å²) in [6.07, 6.45) is 4.00. The minimum absolute atomic E-state index is 0.144. The molecule has 0 bridgehead atoms. The van der Waals surface area contributed by atoms with E-state index in [0.29, 0.717) is 38.3 Å². The number of hydrogen-bond acceptors (Lipinski definition) is 5. The van der Waals surface area contributed by atoms with Gasteiger partial charge in [0.1, 0.15) is 5.60 Å². The van der Waals surface area contributed by atoms with Crippen LogP contribution in [0.5, 0.6) is 0 Å². The molecule has 0 aromatic rings. The number of piperazine rings is 1. The van der Waals surface area contributed by atoms with E-state index in [9.17, 15) is 9.59 Å². The highest BCUT2D eigenvalue weighted by molar-refractivity contribution is 5.79. The zero-order chi connectivity index (χ0) is 19.4. The Hall–Kier alpha value is -1.34. The van der Waals surface area contributed by atoms with Crippen molar-refractivity contribution in [3.63, 3.8) is 0 Å². The van der Waals surface area contributed by atoms with Crippen molar-refractivity contribution in [3.8, 4) is 0 Å². The highest BCUT2D eigenvalue weighted by Crippen LogP contribution is 2.30. The Bertz CT molecular complexity index is 520. The lowest BCUT2D eigenvalue weighted by molar-refractivity contribution is -0.141. The summed E-state index contributed by atoms with van der Waals surface area (Å²) in [5.74, 6) is 0.459. The molecule has 2 unspecified atom stereocenters. The highest BCUT2D eigenvalue weighted by Gasteiger charge is 2.35. The molecule has 0 aromatic carbocycles. The van der Waals surface area contributed by atoms with Gasteiger partial charge in [0.2, 0.25) is 5.91 Å². The molecular formula is C20H35N3O4. The summed E-state index contributed by atoms with van der Waals surface area (Å²) in [6, 6.07) is 0.453. The zero-order valence-electron chi connectivity index (χ0n) is 17.1. The number of carbonyl (C=O) groups excluding carboxylic acids is 2. The van der Waals surface area contributed by atoms with Crippen LogP contribution in [0.2, 0.25) is 0 Å².